The SMILES string of the molecule is CNCCc1ncnc2ccc(Br)cc12. The number of rotatable bonds is 3. The van der Waals surface area contributed by atoms with Gasteiger partial charge < -0.3 is 5.32 Å². The van der Waals surface area contributed by atoms with Crippen molar-refractivity contribution in [3.05, 3.63) is 34.7 Å². The lowest BCUT2D eigenvalue weighted by atomic mass is 10.1. The summed E-state index contributed by atoms with van der Waals surface area (Å²) >= 11 is 3.46. The molecule has 0 aliphatic heterocycles. The van der Waals surface area contributed by atoms with E-state index in [1.54, 1.807) is 6.33 Å². The maximum absolute atomic E-state index is 4.31. The summed E-state index contributed by atoms with van der Waals surface area (Å²) in [6.45, 7) is 0.929. The van der Waals surface area contributed by atoms with Crippen LogP contribution in [0.15, 0.2) is 29.0 Å². The summed E-state index contributed by atoms with van der Waals surface area (Å²) in [6.07, 6.45) is 2.55. The molecule has 0 atom stereocenters. The van der Waals surface area contributed by atoms with Gasteiger partial charge in [0.15, 0.2) is 0 Å². The zero-order valence-corrected chi connectivity index (χ0v) is 10.1. The van der Waals surface area contributed by atoms with E-state index in [0.29, 0.717) is 0 Å². The molecule has 0 fully saturated rings. The Morgan fingerprint density at radius 2 is 2.20 bits per heavy atom. The molecule has 1 heterocycles. The molecule has 0 saturated heterocycles. The van der Waals surface area contributed by atoms with Crippen LogP contribution in [0.25, 0.3) is 10.9 Å². The second kappa shape index (κ2) is 4.68. The Balaban J connectivity index is 2.48. The highest BCUT2D eigenvalue weighted by atomic mass is 79.9. The minimum absolute atomic E-state index is 0.923. The van der Waals surface area contributed by atoms with Gasteiger partial charge in [0, 0.05) is 22.8 Å². The van der Waals surface area contributed by atoms with E-state index >= 15 is 0 Å². The smallest absolute Gasteiger partial charge is 0.116 e. The molecule has 2 rings (SSSR count). The molecule has 1 aromatic heterocycles. The van der Waals surface area contributed by atoms with Crippen molar-refractivity contribution in [3.8, 4) is 0 Å². The molecule has 0 spiro atoms. The number of likely N-dealkylation sites (N-methyl/N-ethyl adjacent to an activating group) is 1. The molecule has 0 amide bonds. The van der Waals surface area contributed by atoms with Gasteiger partial charge in [0.1, 0.15) is 6.33 Å². The molecule has 4 heteroatoms. The number of fused-ring (bicyclic) bond motifs is 1. The summed E-state index contributed by atoms with van der Waals surface area (Å²) in [5.74, 6) is 0. The Bertz CT molecular complexity index is 470. The molecule has 0 aliphatic carbocycles. The average molecular weight is 266 g/mol. The average Bonchev–Trinajstić information content (AvgIpc) is 2.26. The van der Waals surface area contributed by atoms with E-state index in [-0.39, 0.29) is 0 Å². The molecule has 78 valence electrons. The van der Waals surface area contributed by atoms with Gasteiger partial charge in [-0.2, -0.15) is 0 Å². The zero-order chi connectivity index (χ0) is 10.7. The van der Waals surface area contributed by atoms with Crippen LogP contribution >= 0.6 is 15.9 Å². The van der Waals surface area contributed by atoms with E-state index in [1.807, 2.05) is 19.2 Å². The van der Waals surface area contributed by atoms with Crippen LogP contribution in [0.5, 0.6) is 0 Å². The monoisotopic (exact) mass is 265 g/mol. The molecule has 15 heavy (non-hydrogen) atoms. The molecule has 1 aromatic carbocycles. The Morgan fingerprint density at radius 1 is 1.33 bits per heavy atom. The van der Waals surface area contributed by atoms with Crippen molar-refractivity contribution < 1.29 is 0 Å². The van der Waals surface area contributed by atoms with Gasteiger partial charge in [0.2, 0.25) is 0 Å². The first-order chi connectivity index (χ1) is 7.31. The first-order valence-corrected chi connectivity index (χ1v) is 5.64. The van der Waals surface area contributed by atoms with Crippen molar-refractivity contribution in [2.45, 2.75) is 6.42 Å². The number of halogens is 1. The maximum Gasteiger partial charge on any atom is 0.116 e. The fourth-order valence-electron chi connectivity index (χ4n) is 1.52. The van der Waals surface area contributed by atoms with Crippen LogP contribution in [0.1, 0.15) is 5.69 Å². The van der Waals surface area contributed by atoms with Crippen LogP contribution in [0, 0.1) is 0 Å². The van der Waals surface area contributed by atoms with E-state index in [9.17, 15) is 0 Å². The van der Waals surface area contributed by atoms with Gasteiger partial charge in [-0.1, -0.05) is 15.9 Å². The number of hydrogen-bond acceptors (Lipinski definition) is 3. The summed E-state index contributed by atoms with van der Waals surface area (Å²) in [6, 6.07) is 6.07. The summed E-state index contributed by atoms with van der Waals surface area (Å²) in [4.78, 5) is 8.55. The van der Waals surface area contributed by atoms with Gasteiger partial charge in [-0.3, -0.25) is 0 Å². The van der Waals surface area contributed by atoms with Gasteiger partial charge >= 0.3 is 0 Å². The van der Waals surface area contributed by atoms with Crippen molar-refractivity contribution in [1.82, 2.24) is 15.3 Å². The van der Waals surface area contributed by atoms with E-state index in [1.165, 1.54) is 0 Å². The van der Waals surface area contributed by atoms with Crippen molar-refractivity contribution in [2.75, 3.05) is 13.6 Å². The summed E-state index contributed by atoms with van der Waals surface area (Å²) in [7, 11) is 1.94. The van der Waals surface area contributed by atoms with Crippen molar-refractivity contribution in [1.29, 1.82) is 0 Å². The summed E-state index contributed by atoms with van der Waals surface area (Å²) < 4.78 is 1.07. The molecule has 0 radical (unpaired) electrons. The zero-order valence-electron chi connectivity index (χ0n) is 8.50. The van der Waals surface area contributed by atoms with Gasteiger partial charge in [-0.15, -0.1) is 0 Å². The molecule has 2 aromatic rings. The summed E-state index contributed by atoms with van der Waals surface area (Å²) in [5, 5.41) is 4.25. The fraction of sp³-hybridized carbons (Fsp3) is 0.273. The molecular weight excluding hydrogens is 254 g/mol. The number of aromatic nitrogens is 2. The van der Waals surface area contributed by atoms with Gasteiger partial charge in [0.25, 0.3) is 0 Å². The molecule has 1 N–H and O–H groups in total. The Labute approximate surface area is 97.1 Å². The van der Waals surface area contributed by atoms with Crippen LogP contribution in [0.3, 0.4) is 0 Å². The topological polar surface area (TPSA) is 37.8 Å². The third-order valence-electron chi connectivity index (χ3n) is 2.29. The van der Waals surface area contributed by atoms with Crippen molar-refractivity contribution in [2.24, 2.45) is 0 Å². The van der Waals surface area contributed by atoms with Crippen molar-refractivity contribution in [3.63, 3.8) is 0 Å². The van der Waals surface area contributed by atoms with E-state index < -0.39 is 0 Å². The highest BCUT2D eigenvalue weighted by molar-refractivity contribution is 9.10. The van der Waals surface area contributed by atoms with Crippen LogP contribution in [-0.4, -0.2) is 23.6 Å². The molecule has 0 aliphatic rings. The molecule has 0 saturated carbocycles. The Kier molecular flexibility index (Phi) is 3.28. The molecule has 3 nitrogen and oxygen atoms in total. The fourth-order valence-corrected chi connectivity index (χ4v) is 1.89. The minimum atomic E-state index is 0.923. The van der Waals surface area contributed by atoms with Gasteiger partial charge in [-0.05, 0) is 25.2 Å². The molecule has 0 bridgehead atoms. The van der Waals surface area contributed by atoms with E-state index in [2.05, 4.69) is 37.3 Å². The second-order valence-electron chi connectivity index (χ2n) is 3.34. The normalized spacial score (nSPS) is 10.8. The summed E-state index contributed by atoms with van der Waals surface area (Å²) in [5.41, 5.74) is 2.09. The second-order valence-corrected chi connectivity index (χ2v) is 4.25. The maximum atomic E-state index is 4.31. The number of nitrogens with zero attached hydrogens (tertiary/aromatic N) is 2. The number of nitrogens with one attached hydrogen (secondary N) is 1. The van der Waals surface area contributed by atoms with E-state index in [0.717, 1.165) is 34.0 Å². The third kappa shape index (κ3) is 2.33. The first kappa shape index (κ1) is 10.5. The Hall–Kier alpha value is -1.000. The van der Waals surface area contributed by atoms with E-state index in [4.69, 9.17) is 0 Å². The van der Waals surface area contributed by atoms with Crippen LogP contribution in [0.4, 0.5) is 0 Å². The van der Waals surface area contributed by atoms with Gasteiger partial charge in [-0.25, -0.2) is 9.97 Å². The molecule has 0 unspecified atom stereocenters. The highest BCUT2D eigenvalue weighted by Gasteiger charge is 2.03. The first-order valence-electron chi connectivity index (χ1n) is 4.85. The standard InChI is InChI=1S/C11H12BrN3/c1-13-5-4-11-9-6-8(12)2-3-10(9)14-7-15-11/h2-3,6-7,13H,4-5H2,1H3. The lowest BCUT2D eigenvalue weighted by Crippen LogP contribution is -2.11. The lowest BCUT2D eigenvalue weighted by Gasteiger charge is -2.04. The predicted octanol–water partition coefficient (Wildman–Crippen LogP) is 2.15. The minimum Gasteiger partial charge on any atom is -0.319 e. The molecular formula is C11H12BrN3. The van der Waals surface area contributed by atoms with Crippen molar-refractivity contribution >= 4 is 26.8 Å². The van der Waals surface area contributed by atoms with Gasteiger partial charge in [0.05, 0.1) is 11.2 Å². The van der Waals surface area contributed by atoms with Crippen LogP contribution < -0.4 is 5.32 Å². The third-order valence-corrected chi connectivity index (χ3v) is 2.78. The lowest BCUT2D eigenvalue weighted by molar-refractivity contribution is 0.779. The highest BCUT2D eigenvalue weighted by Crippen LogP contribution is 2.20. The van der Waals surface area contributed by atoms with Crippen LogP contribution in [-0.2, 0) is 6.42 Å². The predicted molar refractivity (Wildman–Crippen MR) is 64.9 cm³/mol. The van der Waals surface area contributed by atoms with Crippen LogP contribution in [0.2, 0.25) is 0 Å². The number of hydrogen-bond donors (Lipinski definition) is 1. The quantitative estimate of drug-likeness (QED) is 0.925. The number of benzene rings is 1. The largest absolute Gasteiger partial charge is 0.319 e. The Morgan fingerprint density at radius 3 is 3.00 bits per heavy atom.